The topological polar surface area (TPSA) is 25.8 Å². The number of hydrogen-bond donors (Lipinski definition) is 0. The van der Waals surface area contributed by atoms with Crippen LogP contribution < -0.4 is 0 Å². The molecule has 2 aromatic heterocycles. The normalized spacial score (nSPS) is 12.2. The zero-order chi connectivity index (χ0) is 9.47. The minimum Gasteiger partial charge on any atom is -0.264 e. The second-order valence-corrected chi connectivity index (χ2v) is 4.93. The van der Waals surface area contributed by atoms with Gasteiger partial charge in [0, 0.05) is 22.7 Å². The minimum atomic E-state index is 0.169. The fraction of sp³-hybridized carbons (Fsp3) is 0.400. The van der Waals surface area contributed by atoms with Gasteiger partial charge in [0.1, 0.15) is 0 Å². The van der Waals surface area contributed by atoms with Crippen LogP contribution in [0.2, 0.25) is 0 Å². The molecule has 2 rings (SSSR count). The van der Waals surface area contributed by atoms with Crippen LogP contribution >= 0.6 is 11.5 Å². The molecule has 2 aromatic rings. The molecule has 0 saturated carbocycles. The molecule has 0 N–H and O–H groups in total. The number of fused-ring (bicyclic) bond motifs is 1. The van der Waals surface area contributed by atoms with Crippen molar-refractivity contribution in [2.24, 2.45) is 0 Å². The van der Waals surface area contributed by atoms with Crippen LogP contribution in [0.3, 0.4) is 0 Å². The molecule has 0 amide bonds. The second-order valence-electron chi connectivity index (χ2n) is 4.15. The van der Waals surface area contributed by atoms with Gasteiger partial charge in [-0.05, 0) is 23.0 Å². The van der Waals surface area contributed by atoms with Crippen LogP contribution in [0.15, 0.2) is 18.5 Å². The largest absolute Gasteiger partial charge is 0.264 e. The predicted octanol–water partition coefficient (Wildman–Crippen LogP) is 2.99. The number of pyridine rings is 1. The summed E-state index contributed by atoms with van der Waals surface area (Å²) in [6.07, 6.45) is 3.69. The zero-order valence-corrected chi connectivity index (χ0v) is 8.85. The highest BCUT2D eigenvalue weighted by molar-refractivity contribution is 7.07. The van der Waals surface area contributed by atoms with Crippen LogP contribution in [0, 0.1) is 0 Å². The lowest BCUT2D eigenvalue weighted by Gasteiger charge is -2.15. The van der Waals surface area contributed by atoms with Crippen molar-refractivity contribution < 1.29 is 0 Å². The van der Waals surface area contributed by atoms with E-state index in [-0.39, 0.29) is 5.41 Å². The van der Waals surface area contributed by atoms with Crippen molar-refractivity contribution in [1.29, 1.82) is 0 Å². The number of hydrogen-bond acceptors (Lipinski definition) is 3. The number of rotatable bonds is 0. The lowest BCUT2D eigenvalue weighted by Crippen LogP contribution is -2.08. The highest BCUT2D eigenvalue weighted by Crippen LogP contribution is 2.32. The van der Waals surface area contributed by atoms with E-state index >= 15 is 0 Å². The Hall–Kier alpha value is -0.960. The summed E-state index contributed by atoms with van der Waals surface area (Å²) in [7, 11) is 0. The number of nitrogens with zero attached hydrogens (tertiary/aromatic N) is 2. The minimum absolute atomic E-state index is 0.169. The Morgan fingerprint density at radius 2 is 2.08 bits per heavy atom. The average Bonchev–Trinajstić information content (AvgIpc) is 2.45. The summed E-state index contributed by atoms with van der Waals surface area (Å²) < 4.78 is 4.39. The maximum atomic E-state index is 4.39. The average molecular weight is 192 g/mol. The summed E-state index contributed by atoms with van der Waals surface area (Å²) in [6.45, 7) is 6.60. The molecule has 0 spiro atoms. The molecule has 0 aliphatic carbocycles. The Kier molecular flexibility index (Phi) is 1.84. The maximum absolute atomic E-state index is 4.39. The van der Waals surface area contributed by atoms with Gasteiger partial charge in [-0.3, -0.25) is 4.98 Å². The monoisotopic (exact) mass is 192 g/mol. The Balaban J connectivity index is 2.72. The van der Waals surface area contributed by atoms with E-state index < -0.39 is 0 Å². The molecular formula is C10H12N2S. The smallest absolute Gasteiger partial charge is 0.0874 e. The van der Waals surface area contributed by atoms with E-state index in [1.807, 2.05) is 12.3 Å². The summed E-state index contributed by atoms with van der Waals surface area (Å²) in [5.74, 6) is 0. The standard InChI is InChI=1S/C10H12N2S/c1-10(2,3)9-7-6-11-5-4-8(7)12-13-9/h4-6H,1-3H3. The van der Waals surface area contributed by atoms with Crippen molar-refractivity contribution in [2.45, 2.75) is 26.2 Å². The Bertz CT molecular complexity index is 426. The van der Waals surface area contributed by atoms with Gasteiger partial charge >= 0.3 is 0 Å². The van der Waals surface area contributed by atoms with Crippen molar-refractivity contribution >= 4 is 22.4 Å². The Labute approximate surface area is 81.8 Å². The van der Waals surface area contributed by atoms with E-state index in [0.717, 1.165) is 5.52 Å². The van der Waals surface area contributed by atoms with Crippen molar-refractivity contribution in [3.05, 3.63) is 23.3 Å². The summed E-state index contributed by atoms with van der Waals surface area (Å²) in [5, 5.41) is 1.19. The van der Waals surface area contributed by atoms with Crippen molar-refractivity contribution in [1.82, 2.24) is 9.36 Å². The van der Waals surface area contributed by atoms with Gasteiger partial charge in [-0.2, -0.15) is 4.37 Å². The summed E-state index contributed by atoms with van der Waals surface area (Å²) >= 11 is 1.58. The van der Waals surface area contributed by atoms with Gasteiger partial charge in [-0.15, -0.1) is 0 Å². The summed E-state index contributed by atoms with van der Waals surface area (Å²) in [4.78, 5) is 5.44. The molecule has 2 heterocycles. The molecule has 0 unspecified atom stereocenters. The van der Waals surface area contributed by atoms with Gasteiger partial charge in [0.25, 0.3) is 0 Å². The first-order valence-corrected chi connectivity index (χ1v) is 5.06. The van der Waals surface area contributed by atoms with Crippen LogP contribution in [0.5, 0.6) is 0 Å². The quantitative estimate of drug-likeness (QED) is 0.641. The molecule has 13 heavy (non-hydrogen) atoms. The highest BCUT2D eigenvalue weighted by atomic mass is 32.1. The molecule has 0 atom stereocenters. The zero-order valence-electron chi connectivity index (χ0n) is 8.03. The first kappa shape index (κ1) is 8.63. The van der Waals surface area contributed by atoms with Gasteiger partial charge in [-0.1, -0.05) is 20.8 Å². The lowest BCUT2D eigenvalue weighted by atomic mass is 9.93. The molecule has 2 nitrogen and oxygen atoms in total. The van der Waals surface area contributed by atoms with Gasteiger partial charge in [0.05, 0.1) is 5.52 Å². The maximum Gasteiger partial charge on any atom is 0.0874 e. The molecule has 0 aliphatic heterocycles. The third kappa shape index (κ3) is 1.44. The van der Waals surface area contributed by atoms with Crippen molar-refractivity contribution in [3.63, 3.8) is 0 Å². The van der Waals surface area contributed by atoms with Crippen LogP contribution in [-0.4, -0.2) is 9.36 Å². The fourth-order valence-corrected chi connectivity index (χ4v) is 2.20. The van der Waals surface area contributed by atoms with E-state index in [0.29, 0.717) is 0 Å². The molecule has 0 aliphatic rings. The van der Waals surface area contributed by atoms with E-state index in [1.54, 1.807) is 17.7 Å². The first-order valence-electron chi connectivity index (χ1n) is 4.29. The van der Waals surface area contributed by atoms with Crippen LogP contribution in [0.1, 0.15) is 25.6 Å². The predicted molar refractivity (Wildman–Crippen MR) is 56.1 cm³/mol. The van der Waals surface area contributed by atoms with Crippen molar-refractivity contribution in [2.75, 3.05) is 0 Å². The third-order valence-corrected chi connectivity index (χ3v) is 3.26. The first-order chi connectivity index (χ1) is 6.09. The summed E-state index contributed by atoms with van der Waals surface area (Å²) in [5.41, 5.74) is 1.23. The highest BCUT2D eigenvalue weighted by Gasteiger charge is 2.19. The Morgan fingerprint density at radius 3 is 2.77 bits per heavy atom. The van der Waals surface area contributed by atoms with Gasteiger partial charge in [0.15, 0.2) is 0 Å². The van der Waals surface area contributed by atoms with Gasteiger partial charge < -0.3 is 0 Å². The lowest BCUT2D eigenvalue weighted by molar-refractivity contribution is 0.608. The van der Waals surface area contributed by atoms with Crippen molar-refractivity contribution in [3.8, 4) is 0 Å². The molecule has 0 fully saturated rings. The molecular weight excluding hydrogens is 180 g/mol. The van der Waals surface area contributed by atoms with Gasteiger partial charge in [0.2, 0.25) is 0 Å². The summed E-state index contributed by atoms with van der Waals surface area (Å²) in [6, 6.07) is 1.96. The molecule has 3 heteroatoms. The van der Waals surface area contributed by atoms with Crippen LogP contribution in [-0.2, 0) is 5.41 Å². The van der Waals surface area contributed by atoms with E-state index in [1.165, 1.54) is 10.3 Å². The molecule has 0 aromatic carbocycles. The molecule has 68 valence electrons. The fourth-order valence-electron chi connectivity index (χ4n) is 1.33. The number of aromatic nitrogens is 2. The van der Waals surface area contributed by atoms with E-state index in [9.17, 15) is 0 Å². The van der Waals surface area contributed by atoms with E-state index in [2.05, 4.69) is 30.1 Å². The second kappa shape index (κ2) is 2.77. The van der Waals surface area contributed by atoms with Crippen LogP contribution in [0.4, 0.5) is 0 Å². The third-order valence-electron chi connectivity index (χ3n) is 1.96. The molecule has 0 radical (unpaired) electrons. The molecule has 0 bridgehead atoms. The molecule has 0 saturated heterocycles. The van der Waals surface area contributed by atoms with Gasteiger partial charge in [-0.25, -0.2) is 0 Å². The SMILES string of the molecule is CC(C)(C)c1snc2ccncc12. The van der Waals surface area contributed by atoms with E-state index in [4.69, 9.17) is 0 Å². The van der Waals surface area contributed by atoms with Crippen LogP contribution in [0.25, 0.3) is 10.9 Å². The Morgan fingerprint density at radius 1 is 1.31 bits per heavy atom.